The first-order valence-corrected chi connectivity index (χ1v) is 7.89. The Hall–Kier alpha value is -1.67. The van der Waals surface area contributed by atoms with E-state index in [1.807, 2.05) is 12.1 Å². The SMILES string of the molecule is O[C@H]1[C@H](O)CSC(Oc2ccnc(-c3cccnc3)c2)[C@@H]1O. The third kappa shape index (κ3) is 3.22. The minimum absolute atomic E-state index is 0.309. The highest BCUT2D eigenvalue weighted by Gasteiger charge is 2.38. The maximum Gasteiger partial charge on any atom is 0.173 e. The number of pyridine rings is 2. The molecule has 1 unspecified atom stereocenters. The Morgan fingerprint density at radius 1 is 1.14 bits per heavy atom. The summed E-state index contributed by atoms with van der Waals surface area (Å²) in [5, 5.41) is 29.2. The molecule has 3 rings (SSSR count). The van der Waals surface area contributed by atoms with E-state index < -0.39 is 23.7 Å². The number of hydrogen-bond acceptors (Lipinski definition) is 7. The Bertz CT molecular complexity index is 628. The summed E-state index contributed by atoms with van der Waals surface area (Å²) in [5.41, 5.74) is 0.935. The van der Waals surface area contributed by atoms with Gasteiger partial charge in [-0.05, 0) is 18.2 Å². The predicted molar refractivity (Wildman–Crippen MR) is 82.4 cm³/mol. The molecular formula is C15H16N2O4S. The number of aliphatic hydroxyl groups excluding tert-OH is 3. The molecule has 7 heteroatoms. The maximum absolute atomic E-state index is 9.97. The molecule has 0 spiro atoms. The zero-order valence-corrected chi connectivity index (χ0v) is 12.4. The summed E-state index contributed by atoms with van der Waals surface area (Å²) in [6.07, 6.45) is 1.71. The van der Waals surface area contributed by atoms with E-state index in [0.29, 0.717) is 17.2 Å². The number of aliphatic hydroxyl groups is 3. The minimum atomic E-state index is -1.20. The van der Waals surface area contributed by atoms with Crippen LogP contribution in [-0.4, -0.2) is 54.8 Å². The van der Waals surface area contributed by atoms with E-state index >= 15 is 0 Å². The van der Waals surface area contributed by atoms with E-state index in [1.165, 1.54) is 11.8 Å². The number of rotatable bonds is 3. The molecular weight excluding hydrogens is 304 g/mol. The van der Waals surface area contributed by atoms with Crippen molar-refractivity contribution in [2.45, 2.75) is 23.7 Å². The zero-order chi connectivity index (χ0) is 15.5. The van der Waals surface area contributed by atoms with Crippen LogP contribution >= 0.6 is 11.8 Å². The van der Waals surface area contributed by atoms with E-state index in [9.17, 15) is 15.3 Å². The van der Waals surface area contributed by atoms with E-state index in [4.69, 9.17) is 4.74 Å². The zero-order valence-electron chi connectivity index (χ0n) is 11.6. The molecule has 0 saturated carbocycles. The van der Waals surface area contributed by atoms with Crippen LogP contribution in [-0.2, 0) is 0 Å². The molecule has 116 valence electrons. The summed E-state index contributed by atoms with van der Waals surface area (Å²) in [6.45, 7) is 0. The van der Waals surface area contributed by atoms with Crippen LogP contribution in [0.15, 0.2) is 42.9 Å². The van der Waals surface area contributed by atoms with Gasteiger partial charge in [-0.25, -0.2) is 0 Å². The fraction of sp³-hybridized carbons (Fsp3) is 0.333. The van der Waals surface area contributed by atoms with Crippen LogP contribution in [0.4, 0.5) is 0 Å². The molecule has 1 aliphatic heterocycles. The third-order valence-corrected chi connectivity index (χ3v) is 4.63. The summed E-state index contributed by atoms with van der Waals surface area (Å²) >= 11 is 1.26. The highest BCUT2D eigenvalue weighted by molar-refractivity contribution is 7.99. The van der Waals surface area contributed by atoms with Gasteiger partial charge in [0.1, 0.15) is 18.0 Å². The minimum Gasteiger partial charge on any atom is -0.477 e. The normalized spacial score (nSPS) is 28.3. The molecule has 2 aromatic heterocycles. The number of ether oxygens (including phenoxy) is 1. The second-order valence-electron chi connectivity index (χ2n) is 4.99. The average Bonchev–Trinajstić information content (AvgIpc) is 2.57. The largest absolute Gasteiger partial charge is 0.477 e. The number of nitrogens with zero attached hydrogens (tertiary/aromatic N) is 2. The van der Waals surface area contributed by atoms with Gasteiger partial charge in [-0.15, -0.1) is 11.8 Å². The van der Waals surface area contributed by atoms with Gasteiger partial charge in [0.2, 0.25) is 0 Å². The molecule has 0 amide bonds. The summed E-state index contributed by atoms with van der Waals surface area (Å²) < 4.78 is 5.73. The average molecular weight is 320 g/mol. The Balaban J connectivity index is 1.76. The number of aromatic nitrogens is 2. The van der Waals surface area contributed by atoms with Crippen molar-refractivity contribution < 1.29 is 20.1 Å². The van der Waals surface area contributed by atoms with Gasteiger partial charge in [0, 0.05) is 36.0 Å². The molecule has 4 atom stereocenters. The number of hydrogen-bond donors (Lipinski definition) is 3. The van der Waals surface area contributed by atoms with Gasteiger partial charge in [0.05, 0.1) is 11.8 Å². The molecule has 0 radical (unpaired) electrons. The molecule has 3 heterocycles. The van der Waals surface area contributed by atoms with Crippen LogP contribution in [0.5, 0.6) is 5.75 Å². The van der Waals surface area contributed by atoms with Crippen molar-refractivity contribution in [3.05, 3.63) is 42.9 Å². The second-order valence-corrected chi connectivity index (χ2v) is 6.12. The molecule has 0 aliphatic carbocycles. The smallest absolute Gasteiger partial charge is 0.173 e. The Morgan fingerprint density at radius 3 is 2.77 bits per heavy atom. The first-order valence-electron chi connectivity index (χ1n) is 6.84. The van der Waals surface area contributed by atoms with Crippen molar-refractivity contribution >= 4 is 11.8 Å². The third-order valence-electron chi connectivity index (χ3n) is 3.40. The van der Waals surface area contributed by atoms with Crippen molar-refractivity contribution in [3.8, 4) is 17.0 Å². The Morgan fingerprint density at radius 2 is 2.00 bits per heavy atom. The molecule has 3 N–H and O–H groups in total. The highest BCUT2D eigenvalue weighted by atomic mass is 32.2. The molecule has 1 aliphatic rings. The van der Waals surface area contributed by atoms with E-state index in [0.717, 1.165) is 5.56 Å². The van der Waals surface area contributed by atoms with Crippen molar-refractivity contribution in [1.29, 1.82) is 0 Å². The molecule has 2 aromatic rings. The molecule has 0 aromatic carbocycles. The van der Waals surface area contributed by atoms with E-state index in [1.54, 1.807) is 30.7 Å². The molecule has 22 heavy (non-hydrogen) atoms. The standard InChI is InChI=1S/C15H16N2O4S/c18-12-8-22-15(14(20)13(12)19)21-10-3-5-17-11(6-10)9-2-1-4-16-7-9/h1-7,12-15,18-20H,8H2/t12-,13+,14-,15?/m1/s1. The van der Waals surface area contributed by atoms with Gasteiger partial charge in [-0.2, -0.15) is 0 Å². The van der Waals surface area contributed by atoms with Crippen LogP contribution in [0, 0.1) is 0 Å². The van der Waals surface area contributed by atoms with E-state index in [-0.39, 0.29) is 0 Å². The Labute approximate surface area is 131 Å². The van der Waals surface area contributed by atoms with E-state index in [2.05, 4.69) is 9.97 Å². The second kappa shape index (κ2) is 6.62. The van der Waals surface area contributed by atoms with Crippen LogP contribution < -0.4 is 4.74 Å². The first kappa shape index (κ1) is 15.2. The molecule has 6 nitrogen and oxygen atoms in total. The van der Waals surface area contributed by atoms with Crippen LogP contribution in [0.3, 0.4) is 0 Å². The summed E-state index contributed by atoms with van der Waals surface area (Å²) in [4.78, 5) is 8.32. The summed E-state index contributed by atoms with van der Waals surface area (Å²) in [5.74, 6) is 0.845. The Kier molecular flexibility index (Phi) is 4.58. The van der Waals surface area contributed by atoms with Crippen molar-refractivity contribution in [2.75, 3.05) is 5.75 Å². The van der Waals surface area contributed by atoms with Gasteiger partial charge >= 0.3 is 0 Å². The fourth-order valence-electron chi connectivity index (χ4n) is 2.17. The lowest BCUT2D eigenvalue weighted by molar-refractivity contribution is -0.0786. The van der Waals surface area contributed by atoms with Crippen LogP contribution in [0.25, 0.3) is 11.3 Å². The number of thioether (sulfide) groups is 1. The van der Waals surface area contributed by atoms with Crippen LogP contribution in [0.2, 0.25) is 0 Å². The predicted octanol–water partition coefficient (Wildman–Crippen LogP) is 0.678. The summed E-state index contributed by atoms with van der Waals surface area (Å²) in [6, 6.07) is 7.15. The summed E-state index contributed by atoms with van der Waals surface area (Å²) in [7, 11) is 0. The lowest BCUT2D eigenvalue weighted by Crippen LogP contribution is -2.50. The van der Waals surface area contributed by atoms with Gasteiger partial charge < -0.3 is 20.1 Å². The molecule has 1 fully saturated rings. The molecule has 0 bridgehead atoms. The first-order chi connectivity index (χ1) is 10.6. The maximum atomic E-state index is 9.97. The van der Waals surface area contributed by atoms with Crippen LogP contribution in [0.1, 0.15) is 0 Å². The van der Waals surface area contributed by atoms with Crippen molar-refractivity contribution in [1.82, 2.24) is 9.97 Å². The topological polar surface area (TPSA) is 95.7 Å². The monoisotopic (exact) mass is 320 g/mol. The fourth-order valence-corrected chi connectivity index (χ4v) is 3.30. The lowest BCUT2D eigenvalue weighted by Gasteiger charge is -2.34. The van der Waals surface area contributed by atoms with Gasteiger partial charge in [0.15, 0.2) is 5.44 Å². The van der Waals surface area contributed by atoms with Gasteiger partial charge in [-0.3, -0.25) is 9.97 Å². The molecule has 1 saturated heterocycles. The van der Waals surface area contributed by atoms with Gasteiger partial charge in [0.25, 0.3) is 0 Å². The lowest BCUT2D eigenvalue weighted by atomic mass is 10.1. The van der Waals surface area contributed by atoms with Crippen molar-refractivity contribution in [2.24, 2.45) is 0 Å². The van der Waals surface area contributed by atoms with Gasteiger partial charge in [-0.1, -0.05) is 0 Å². The van der Waals surface area contributed by atoms with Crippen molar-refractivity contribution in [3.63, 3.8) is 0 Å². The highest BCUT2D eigenvalue weighted by Crippen LogP contribution is 2.30. The quantitative estimate of drug-likeness (QED) is 0.765.